The number of hydrogen-bond donors (Lipinski definition) is 2. The first kappa shape index (κ1) is 11.2. The molecule has 0 aliphatic carbocycles. The first-order valence-electron chi connectivity index (χ1n) is 5.13. The van der Waals surface area contributed by atoms with Crippen molar-refractivity contribution in [3.8, 4) is 0 Å². The first-order valence-corrected chi connectivity index (χ1v) is 5.89. The van der Waals surface area contributed by atoms with Crippen LogP contribution in [-0.2, 0) is 6.42 Å². The summed E-state index contributed by atoms with van der Waals surface area (Å²) in [6.45, 7) is 3.08. The highest BCUT2D eigenvalue weighted by Crippen LogP contribution is 2.20. The van der Waals surface area contributed by atoms with Crippen LogP contribution < -0.4 is 10.6 Å². The van der Waals surface area contributed by atoms with Crippen molar-refractivity contribution in [1.29, 1.82) is 0 Å². The van der Waals surface area contributed by atoms with Crippen LogP contribution in [0.2, 0.25) is 10.0 Å². The van der Waals surface area contributed by atoms with Gasteiger partial charge in [-0.2, -0.15) is 0 Å². The minimum atomic E-state index is 0.480. The van der Waals surface area contributed by atoms with Gasteiger partial charge in [-0.3, -0.25) is 0 Å². The fraction of sp³-hybridized carbons (Fsp3) is 0.455. The predicted octanol–water partition coefficient (Wildman–Crippen LogP) is 2.10. The largest absolute Gasteiger partial charge is 0.314 e. The second-order valence-electron chi connectivity index (χ2n) is 3.84. The Morgan fingerprint density at radius 3 is 2.47 bits per heavy atom. The van der Waals surface area contributed by atoms with E-state index >= 15 is 0 Å². The Morgan fingerprint density at radius 2 is 1.87 bits per heavy atom. The first-order chi connectivity index (χ1) is 7.24. The van der Waals surface area contributed by atoms with Crippen LogP contribution in [0.3, 0.4) is 0 Å². The van der Waals surface area contributed by atoms with Crippen molar-refractivity contribution >= 4 is 23.2 Å². The molecule has 0 unspecified atom stereocenters. The Labute approximate surface area is 100.0 Å². The molecule has 0 saturated carbocycles. The Balaban J connectivity index is 2.02. The molecule has 1 fully saturated rings. The van der Waals surface area contributed by atoms with E-state index in [4.69, 9.17) is 23.2 Å². The summed E-state index contributed by atoms with van der Waals surface area (Å²) in [6.07, 6.45) is 0.966. The normalized spacial score (nSPS) is 21.6. The van der Waals surface area contributed by atoms with Crippen molar-refractivity contribution in [1.82, 2.24) is 10.6 Å². The third kappa shape index (κ3) is 3.35. The Morgan fingerprint density at radius 1 is 1.13 bits per heavy atom. The van der Waals surface area contributed by atoms with E-state index in [0.29, 0.717) is 16.1 Å². The lowest BCUT2D eigenvalue weighted by Gasteiger charge is -2.24. The molecular formula is C11H14Cl2N2. The second-order valence-corrected chi connectivity index (χ2v) is 4.71. The lowest BCUT2D eigenvalue weighted by atomic mass is 10.0. The van der Waals surface area contributed by atoms with Gasteiger partial charge in [-0.15, -0.1) is 0 Å². The molecule has 0 aromatic heterocycles. The fourth-order valence-corrected chi connectivity index (χ4v) is 2.44. The third-order valence-corrected chi connectivity index (χ3v) is 2.97. The highest BCUT2D eigenvalue weighted by atomic mass is 35.5. The molecule has 1 aliphatic heterocycles. The van der Waals surface area contributed by atoms with Crippen molar-refractivity contribution in [2.75, 3.05) is 19.6 Å². The molecule has 1 heterocycles. The van der Waals surface area contributed by atoms with E-state index in [1.165, 1.54) is 5.56 Å². The van der Waals surface area contributed by atoms with Crippen LogP contribution in [0.25, 0.3) is 0 Å². The molecule has 0 amide bonds. The number of nitrogens with one attached hydrogen (secondary N) is 2. The summed E-state index contributed by atoms with van der Waals surface area (Å²) in [5.41, 5.74) is 1.19. The summed E-state index contributed by atoms with van der Waals surface area (Å²) < 4.78 is 0. The summed E-state index contributed by atoms with van der Waals surface area (Å²) in [5.74, 6) is 0. The topological polar surface area (TPSA) is 24.1 Å². The summed E-state index contributed by atoms with van der Waals surface area (Å²) >= 11 is 11.9. The van der Waals surface area contributed by atoms with Crippen LogP contribution in [0.15, 0.2) is 18.2 Å². The predicted molar refractivity (Wildman–Crippen MR) is 64.8 cm³/mol. The monoisotopic (exact) mass is 244 g/mol. The molecule has 1 aliphatic rings. The van der Waals surface area contributed by atoms with Crippen LogP contribution in [0.1, 0.15) is 5.56 Å². The van der Waals surface area contributed by atoms with Gasteiger partial charge >= 0.3 is 0 Å². The standard InChI is InChI=1S/C11H14Cl2N2/c12-9-3-8(4-10(13)6-9)5-11-7-14-1-2-15-11/h3-4,6,11,14-15H,1-2,5,7H2/t11-/m1/s1. The van der Waals surface area contributed by atoms with Gasteiger partial charge in [0.25, 0.3) is 0 Å². The van der Waals surface area contributed by atoms with Gasteiger partial charge < -0.3 is 10.6 Å². The average Bonchev–Trinajstić information content (AvgIpc) is 2.17. The number of piperazine rings is 1. The smallest absolute Gasteiger partial charge is 0.0423 e. The minimum absolute atomic E-state index is 0.480. The quantitative estimate of drug-likeness (QED) is 0.833. The summed E-state index contributed by atoms with van der Waals surface area (Å²) in [5, 5.41) is 8.23. The van der Waals surface area contributed by atoms with Crippen molar-refractivity contribution in [3.63, 3.8) is 0 Å². The molecule has 1 atom stereocenters. The van der Waals surface area contributed by atoms with Crippen LogP contribution in [0.5, 0.6) is 0 Å². The summed E-state index contributed by atoms with van der Waals surface area (Å²) in [4.78, 5) is 0. The van der Waals surface area contributed by atoms with Gasteiger partial charge in [0, 0.05) is 35.7 Å². The molecule has 2 nitrogen and oxygen atoms in total. The molecule has 2 N–H and O–H groups in total. The maximum Gasteiger partial charge on any atom is 0.0423 e. The molecule has 0 bridgehead atoms. The van der Waals surface area contributed by atoms with Crippen LogP contribution in [0, 0.1) is 0 Å². The Kier molecular flexibility index (Phi) is 3.87. The van der Waals surface area contributed by atoms with Crippen LogP contribution >= 0.6 is 23.2 Å². The number of hydrogen-bond acceptors (Lipinski definition) is 2. The summed E-state index contributed by atoms with van der Waals surface area (Å²) in [7, 11) is 0. The van der Waals surface area contributed by atoms with E-state index in [1.54, 1.807) is 6.07 Å². The Hall–Kier alpha value is -0.280. The molecule has 0 radical (unpaired) electrons. The minimum Gasteiger partial charge on any atom is -0.314 e. The lowest BCUT2D eigenvalue weighted by molar-refractivity contribution is 0.416. The molecule has 4 heteroatoms. The fourth-order valence-electron chi connectivity index (χ4n) is 1.87. The van der Waals surface area contributed by atoms with Crippen molar-refractivity contribution in [3.05, 3.63) is 33.8 Å². The SMILES string of the molecule is Clc1cc(Cl)cc(C[C@@H]2CNCCN2)c1. The van der Waals surface area contributed by atoms with Crippen molar-refractivity contribution in [2.24, 2.45) is 0 Å². The average molecular weight is 245 g/mol. The van der Waals surface area contributed by atoms with E-state index in [1.807, 2.05) is 12.1 Å². The van der Waals surface area contributed by atoms with Gasteiger partial charge in [-0.25, -0.2) is 0 Å². The van der Waals surface area contributed by atoms with E-state index < -0.39 is 0 Å². The van der Waals surface area contributed by atoms with E-state index in [9.17, 15) is 0 Å². The zero-order valence-corrected chi connectivity index (χ0v) is 9.91. The highest BCUT2D eigenvalue weighted by Gasteiger charge is 2.12. The zero-order valence-electron chi connectivity index (χ0n) is 8.39. The number of benzene rings is 1. The molecule has 1 aromatic rings. The number of rotatable bonds is 2. The van der Waals surface area contributed by atoms with Gasteiger partial charge in [0.15, 0.2) is 0 Å². The van der Waals surface area contributed by atoms with E-state index in [0.717, 1.165) is 26.1 Å². The van der Waals surface area contributed by atoms with Crippen molar-refractivity contribution in [2.45, 2.75) is 12.5 Å². The van der Waals surface area contributed by atoms with Gasteiger partial charge in [0.05, 0.1) is 0 Å². The van der Waals surface area contributed by atoms with Crippen LogP contribution in [-0.4, -0.2) is 25.7 Å². The maximum absolute atomic E-state index is 5.95. The molecule has 1 aromatic carbocycles. The number of halogens is 2. The molecule has 82 valence electrons. The second kappa shape index (κ2) is 5.17. The Bertz CT molecular complexity index is 315. The molecule has 0 spiro atoms. The van der Waals surface area contributed by atoms with E-state index in [2.05, 4.69) is 10.6 Å². The van der Waals surface area contributed by atoms with Gasteiger partial charge in [0.1, 0.15) is 0 Å². The van der Waals surface area contributed by atoms with Crippen LogP contribution in [0.4, 0.5) is 0 Å². The van der Waals surface area contributed by atoms with Gasteiger partial charge in [-0.1, -0.05) is 23.2 Å². The third-order valence-electron chi connectivity index (χ3n) is 2.53. The summed E-state index contributed by atoms with van der Waals surface area (Å²) in [6, 6.07) is 6.19. The van der Waals surface area contributed by atoms with Gasteiger partial charge in [0.2, 0.25) is 0 Å². The molecule has 15 heavy (non-hydrogen) atoms. The maximum atomic E-state index is 5.95. The van der Waals surface area contributed by atoms with Gasteiger partial charge in [-0.05, 0) is 30.2 Å². The molecule has 1 saturated heterocycles. The van der Waals surface area contributed by atoms with E-state index in [-0.39, 0.29) is 0 Å². The highest BCUT2D eigenvalue weighted by molar-refractivity contribution is 6.34. The molecule has 2 rings (SSSR count). The van der Waals surface area contributed by atoms with Crippen molar-refractivity contribution < 1.29 is 0 Å². The molecular weight excluding hydrogens is 231 g/mol. The lowest BCUT2D eigenvalue weighted by Crippen LogP contribution is -2.49. The zero-order chi connectivity index (χ0) is 10.7.